The molecule has 3 rings (SSSR count). The molecule has 2 aromatic carbocycles. The lowest BCUT2D eigenvalue weighted by atomic mass is 10.1. The zero-order valence-corrected chi connectivity index (χ0v) is 13.7. The van der Waals surface area contributed by atoms with Crippen LogP contribution in [0.3, 0.4) is 0 Å². The molecule has 1 N–H and O–H groups in total. The van der Waals surface area contributed by atoms with Gasteiger partial charge in [0.05, 0.1) is 7.11 Å². The lowest BCUT2D eigenvalue weighted by molar-refractivity contribution is 0.102. The average molecular weight is 323 g/mol. The third-order valence-electron chi connectivity index (χ3n) is 3.75. The molecule has 1 amide bonds. The van der Waals surface area contributed by atoms with Gasteiger partial charge in [-0.1, -0.05) is 11.2 Å². The smallest absolute Gasteiger partial charge is 0.322 e. The molecule has 0 aliphatic rings. The number of carbonyl (C=O) groups excluding carboxylic acids is 1. The summed E-state index contributed by atoms with van der Waals surface area (Å²) in [6, 6.07) is 12.7. The van der Waals surface area contributed by atoms with E-state index in [1.165, 1.54) is 5.56 Å². The molecule has 1 aromatic heterocycles. The van der Waals surface area contributed by atoms with Crippen molar-refractivity contribution in [3.8, 4) is 17.2 Å². The second-order valence-electron chi connectivity index (χ2n) is 5.39. The molecule has 0 aliphatic heterocycles. The number of methoxy groups -OCH3 is 1. The first-order valence-corrected chi connectivity index (χ1v) is 7.43. The number of nitrogens with zero attached hydrogens (tertiary/aromatic N) is 2. The maximum Gasteiger partial charge on any atom is 0.322 e. The lowest BCUT2D eigenvalue weighted by Gasteiger charge is -2.03. The van der Waals surface area contributed by atoms with Gasteiger partial charge in [0.1, 0.15) is 5.75 Å². The first kappa shape index (κ1) is 15.7. The van der Waals surface area contributed by atoms with E-state index in [4.69, 9.17) is 9.15 Å². The number of amides is 1. The summed E-state index contributed by atoms with van der Waals surface area (Å²) in [5, 5.41) is 10.4. The van der Waals surface area contributed by atoms with Crippen molar-refractivity contribution in [1.29, 1.82) is 0 Å². The number of aromatic nitrogens is 2. The van der Waals surface area contributed by atoms with Crippen molar-refractivity contribution < 1.29 is 13.9 Å². The van der Waals surface area contributed by atoms with E-state index in [-0.39, 0.29) is 11.9 Å². The molecule has 24 heavy (non-hydrogen) atoms. The minimum absolute atomic E-state index is 0.0593. The van der Waals surface area contributed by atoms with Crippen LogP contribution >= 0.6 is 0 Å². The Labute approximate surface area is 139 Å². The molecule has 122 valence electrons. The van der Waals surface area contributed by atoms with Crippen LogP contribution < -0.4 is 10.1 Å². The van der Waals surface area contributed by atoms with Crippen LogP contribution in [0.25, 0.3) is 11.5 Å². The van der Waals surface area contributed by atoms with Crippen LogP contribution in [0.4, 0.5) is 6.01 Å². The summed E-state index contributed by atoms with van der Waals surface area (Å²) in [5.41, 5.74) is 3.61. The normalized spacial score (nSPS) is 10.5. The summed E-state index contributed by atoms with van der Waals surface area (Å²) in [5.74, 6) is 0.720. The summed E-state index contributed by atoms with van der Waals surface area (Å²) >= 11 is 0. The summed E-state index contributed by atoms with van der Waals surface area (Å²) in [6.45, 7) is 4.05. The highest BCUT2D eigenvalue weighted by molar-refractivity contribution is 6.03. The van der Waals surface area contributed by atoms with Crippen LogP contribution in [0.1, 0.15) is 21.5 Å². The van der Waals surface area contributed by atoms with Gasteiger partial charge in [0.15, 0.2) is 0 Å². The van der Waals surface area contributed by atoms with Crippen molar-refractivity contribution >= 4 is 11.9 Å². The van der Waals surface area contributed by atoms with Gasteiger partial charge in [0.25, 0.3) is 5.91 Å². The molecule has 1 heterocycles. The van der Waals surface area contributed by atoms with Gasteiger partial charge in [-0.2, -0.15) is 0 Å². The second-order valence-corrected chi connectivity index (χ2v) is 5.39. The zero-order valence-electron chi connectivity index (χ0n) is 13.7. The Kier molecular flexibility index (Phi) is 4.29. The van der Waals surface area contributed by atoms with E-state index in [0.717, 1.165) is 11.1 Å². The summed E-state index contributed by atoms with van der Waals surface area (Å²) < 4.78 is 10.6. The first-order valence-electron chi connectivity index (χ1n) is 7.43. The number of nitrogens with one attached hydrogen (secondary N) is 1. The molecule has 3 aromatic rings. The minimum Gasteiger partial charge on any atom is -0.497 e. The summed E-state index contributed by atoms with van der Waals surface area (Å²) in [4.78, 5) is 12.2. The van der Waals surface area contributed by atoms with Crippen LogP contribution in [0.2, 0.25) is 0 Å². The third-order valence-corrected chi connectivity index (χ3v) is 3.75. The highest BCUT2D eigenvalue weighted by Crippen LogP contribution is 2.22. The third kappa shape index (κ3) is 3.27. The molecule has 0 unspecified atom stereocenters. The summed E-state index contributed by atoms with van der Waals surface area (Å²) in [6.07, 6.45) is 0. The molecule has 0 fully saturated rings. The Morgan fingerprint density at radius 3 is 2.46 bits per heavy atom. The molecule has 0 bridgehead atoms. The highest BCUT2D eigenvalue weighted by atomic mass is 16.5. The van der Waals surface area contributed by atoms with Gasteiger partial charge in [-0.15, -0.1) is 5.10 Å². The van der Waals surface area contributed by atoms with E-state index >= 15 is 0 Å². The lowest BCUT2D eigenvalue weighted by Crippen LogP contribution is -2.11. The van der Waals surface area contributed by atoms with Crippen LogP contribution in [0.15, 0.2) is 46.9 Å². The SMILES string of the molecule is COc1ccc(C(=O)Nc2nnc(-c3ccc(C)c(C)c3)o2)cc1. The Balaban J connectivity index is 1.75. The monoisotopic (exact) mass is 323 g/mol. The predicted octanol–water partition coefficient (Wildman–Crippen LogP) is 3.61. The van der Waals surface area contributed by atoms with Crippen molar-refractivity contribution in [3.05, 3.63) is 59.2 Å². The van der Waals surface area contributed by atoms with Crippen molar-refractivity contribution in [2.45, 2.75) is 13.8 Å². The Morgan fingerprint density at radius 1 is 1.04 bits per heavy atom. The maximum absolute atomic E-state index is 12.2. The van der Waals surface area contributed by atoms with E-state index in [2.05, 4.69) is 15.5 Å². The van der Waals surface area contributed by atoms with E-state index < -0.39 is 0 Å². The molecule has 0 aliphatic carbocycles. The molecule has 6 heteroatoms. The fraction of sp³-hybridized carbons (Fsp3) is 0.167. The molecule has 0 radical (unpaired) electrons. The van der Waals surface area contributed by atoms with Gasteiger partial charge >= 0.3 is 6.01 Å². The molecular formula is C18H17N3O3. The van der Waals surface area contributed by atoms with Gasteiger partial charge in [-0.05, 0) is 61.4 Å². The van der Waals surface area contributed by atoms with E-state index in [9.17, 15) is 4.79 Å². The molecule has 6 nitrogen and oxygen atoms in total. The van der Waals surface area contributed by atoms with Crippen LogP contribution in [0.5, 0.6) is 5.75 Å². The fourth-order valence-electron chi connectivity index (χ4n) is 2.18. The number of benzene rings is 2. The number of ether oxygens (including phenoxy) is 1. The maximum atomic E-state index is 12.2. The number of hydrogen-bond acceptors (Lipinski definition) is 5. The van der Waals surface area contributed by atoms with Gasteiger partial charge in [0, 0.05) is 11.1 Å². The minimum atomic E-state index is -0.326. The van der Waals surface area contributed by atoms with E-state index in [1.54, 1.807) is 31.4 Å². The van der Waals surface area contributed by atoms with Gasteiger partial charge in [0.2, 0.25) is 5.89 Å². The van der Waals surface area contributed by atoms with Crippen molar-refractivity contribution in [3.63, 3.8) is 0 Å². The van der Waals surface area contributed by atoms with E-state index in [0.29, 0.717) is 17.2 Å². The van der Waals surface area contributed by atoms with E-state index in [1.807, 2.05) is 32.0 Å². The quantitative estimate of drug-likeness (QED) is 0.793. The molecule has 0 saturated carbocycles. The Hall–Kier alpha value is -3.15. The first-order chi connectivity index (χ1) is 11.6. The van der Waals surface area contributed by atoms with Crippen LogP contribution in [-0.2, 0) is 0 Å². The largest absolute Gasteiger partial charge is 0.497 e. The van der Waals surface area contributed by atoms with Gasteiger partial charge < -0.3 is 9.15 Å². The standard InChI is InChI=1S/C18H17N3O3/c1-11-4-5-14(10-12(11)2)17-20-21-18(24-17)19-16(22)13-6-8-15(23-3)9-7-13/h4-10H,1-3H3,(H,19,21,22). The van der Waals surface area contributed by atoms with Crippen molar-refractivity contribution in [1.82, 2.24) is 10.2 Å². The van der Waals surface area contributed by atoms with Crippen LogP contribution in [-0.4, -0.2) is 23.2 Å². The number of hydrogen-bond donors (Lipinski definition) is 1. The number of carbonyl (C=O) groups is 1. The molecule has 0 atom stereocenters. The predicted molar refractivity (Wildman–Crippen MR) is 90.2 cm³/mol. The van der Waals surface area contributed by atoms with Gasteiger partial charge in [-0.3, -0.25) is 10.1 Å². The topological polar surface area (TPSA) is 77.2 Å². The zero-order chi connectivity index (χ0) is 17.1. The Morgan fingerprint density at radius 2 is 1.79 bits per heavy atom. The van der Waals surface area contributed by atoms with Gasteiger partial charge in [-0.25, -0.2) is 0 Å². The van der Waals surface area contributed by atoms with Crippen molar-refractivity contribution in [2.24, 2.45) is 0 Å². The molecular weight excluding hydrogens is 306 g/mol. The molecule has 0 spiro atoms. The number of anilines is 1. The van der Waals surface area contributed by atoms with Crippen LogP contribution in [0, 0.1) is 13.8 Å². The number of rotatable bonds is 4. The Bertz CT molecular complexity index is 869. The summed E-state index contributed by atoms with van der Waals surface area (Å²) in [7, 11) is 1.57. The fourth-order valence-corrected chi connectivity index (χ4v) is 2.18. The average Bonchev–Trinajstić information content (AvgIpc) is 3.06. The second kappa shape index (κ2) is 6.54. The number of aryl methyl sites for hydroxylation is 2. The highest BCUT2D eigenvalue weighted by Gasteiger charge is 2.13. The van der Waals surface area contributed by atoms with Crippen molar-refractivity contribution in [2.75, 3.05) is 12.4 Å². The molecule has 0 saturated heterocycles.